The highest BCUT2D eigenvalue weighted by Crippen LogP contribution is 2.61. The van der Waals surface area contributed by atoms with Crippen molar-refractivity contribution in [3.8, 4) is 5.75 Å². The number of H-pyrrole nitrogens is 1. The first-order valence-electron chi connectivity index (χ1n) is 11.5. The average Bonchev–Trinajstić information content (AvgIpc) is 3.17. The number of nitrogens with zero attached hydrogens (tertiary/aromatic N) is 2. The maximum Gasteiger partial charge on any atom is 0.418 e. The number of hydrogen-bond acceptors (Lipinski definition) is 5. The molecule has 178 valence electrons. The van der Waals surface area contributed by atoms with Gasteiger partial charge in [0, 0.05) is 24.1 Å². The van der Waals surface area contributed by atoms with Gasteiger partial charge in [-0.05, 0) is 48.8 Å². The summed E-state index contributed by atoms with van der Waals surface area (Å²) in [6.07, 6.45) is 2.49. The van der Waals surface area contributed by atoms with Crippen molar-refractivity contribution < 1.29 is 27.4 Å². The van der Waals surface area contributed by atoms with E-state index in [0.29, 0.717) is 47.9 Å². The van der Waals surface area contributed by atoms with Crippen molar-refractivity contribution >= 4 is 22.8 Å². The summed E-state index contributed by atoms with van der Waals surface area (Å²) in [6.45, 7) is 0. The van der Waals surface area contributed by atoms with Crippen LogP contribution in [0.4, 0.5) is 19.0 Å². The molecule has 1 amide bonds. The van der Waals surface area contributed by atoms with E-state index in [1.54, 1.807) is 18.3 Å². The number of rotatable bonds is 3. The molecule has 2 aromatic heterocycles. The summed E-state index contributed by atoms with van der Waals surface area (Å²) in [5, 5.41) is 2.77. The lowest BCUT2D eigenvalue weighted by Crippen LogP contribution is -2.21. The zero-order chi connectivity index (χ0) is 23.9. The van der Waals surface area contributed by atoms with Crippen LogP contribution in [0.1, 0.15) is 35.7 Å². The van der Waals surface area contributed by atoms with Gasteiger partial charge in [0.25, 0.3) is 0 Å². The molecule has 7 rings (SSSR count). The molecular weight excluding hydrogens is 461 g/mol. The van der Waals surface area contributed by atoms with Crippen LogP contribution in [0, 0.1) is 5.92 Å². The zero-order valence-corrected chi connectivity index (χ0v) is 18.2. The minimum Gasteiger partial charge on any atom is -0.457 e. The number of aromatic nitrogens is 3. The molecule has 3 aromatic rings. The number of hydrogen-bond donors (Lipinski definition) is 2. The molecule has 1 saturated carbocycles. The van der Waals surface area contributed by atoms with Gasteiger partial charge in [0.05, 0.1) is 29.2 Å². The van der Waals surface area contributed by atoms with Crippen molar-refractivity contribution in [3.05, 3.63) is 70.9 Å². The molecule has 35 heavy (non-hydrogen) atoms. The van der Waals surface area contributed by atoms with Gasteiger partial charge in [0.1, 0.15) is 28.7 Å². The van der Waals surface area contributed by atoms with Crippen LogP contribution < -0.4 is 10.1 Å². The predicted molar refractivity (Wildman–Crippen MR) is 119 cm³/mol. The maximum absolute atomic E-state index is 13.4. The summed E-state index contributed by atoms with van der Waals surface area (Å²) in [5.74, 6) is 2.24. The molecule has 1 aromatic carbocycles. The predicted octanol–water partition coefficient (Wildman–Crippen LogP) is 4.64. The number of fused-ring (bicyclic) bond motifs is 5. The highest BCUT2D eigenvalue weighted by Gasteiger charge is 2.63. The third kappa shape index (κ3) is 3.27. The van der Waals surface area contributed by atoms with E-state index in [0.717, 1.165) is 17.2 Å². The van der Waals surface area contributed by atoms with Crippen molar-refractivity contribution in [1.29, 1.82) is 0 Å². The average molecular weight is 480 g/mol. The molecule has 2 aliphatic heterocycles. The van der Waals surface area contributed by atoms with Crippen LogP contribution in [-0.4, -0.2) is 33.1 Å². The summed E-state index contributed by atoms with van der Waals surface area (Å²) in [4.78, 5) is 23.3. The van der Waals surface area contributed by atoms with Gasteiger partial charge in [0.2, 0.25) is 5.91 Å². The Kier molecular flexibility index (Phi) is 4.24. The number of carbonyl (C=O) groups excluding carboxylic acids is 1. The van der Waals surface area contributed by atoms with E-state index in [4.69, 9.17) is 9.47 Å². The number of ether oxygens (including phenoxy) is 2. The van der Waals surface area contributed by atoms with E-state index < -0.39 is 11.7 Å². The molecule has 1 saturated heterocycles. The Balaban J connectivity index is 1.15. The van der Waals surface area contributed by atoms with Crippen molar-refractivity contribution in [2.75, 3.05) is 5.32 Å². The second-order valence-electron chi connectivity index (χ2n) is 9.24. The topological polar surface area (TPSA) is 89.1 Å². The number of amides is 1. The molecule has 2 aliphatic carbocycles. The number of imidazole rings is 1. The molecule has 4 heterocycles. The maximum atomic E-state index is 13.4. The number of anilines is 1. The largest absolute Gasteiger partial charge is 0.457 e. The number of benzene rings is 1. The Hall–Kier alpha value is -3.66. The lowest BCUT2D eigenvalue weighted by molar-refractivity contribution is -0.136. The highest BCUT2D eigenvalue weighted by atomic mass is 19.4. The molecule has 0 radical (unpaired) electrons. The minimum atomic E-state index is -4.47. The monoisotopic (exact) mass is 480 g/mol. The minimum absolute atomic E-state index is 0.0489. The fraction of sp³-hybridized carbons (Fsp3) is 0.320. The van der Waals surface area contributed by atoms with E-state index in [1.807, 2.05) is 12.2 Å². The normalized spacial score (nSPS) is 26.9. The summed E-state index contributed by atoms with van der Waals surface area (Å²) < 4.78 is 52.6. The number of aromatic amines is 1. The second kappa shape index (κ2) is 7.17. The Morgan fingerprint density at radius 1 is 1.14 bits per heavy atom. The molecule has 4 unspecified atom stereocenters. The number of para-hydroxylation sites is 1. The van der Waals surface area contributed by atoms with Crippen molar-refractivity contribution in [1.82, 2.24) is 15.0 Å². The Morgan fingerprint density at radius 2 is 2.03 bits per heavy atom. The Labute approximate surface area is 197 Å². The van der Waals surface area contributed by atoms with E-state index in [-0.39, 0.29) is 35.5 Å². The second-order valence-corrected chi connectivity index (χ2v) is 9.24. The van der Waals surface area contributed by atoms with Gasteiger partial charge < -0.3 is 19.8 Å². The summed E-state index contributed by atoms with van der Waals surface area (Å²) in [7, 11) is 0. The summed E-state index contributed by atoms with van der Waals surface area (Å²) >= 11 is 0. The van der Waals surface area contributed by atoms with E-state index >= 15 is 0 Å². The van der Waals surface area contributed by atoms with Gasteiger partial charge in [-0.15, -0.1) is 0 Å². The SMILES string of the molecule is O=C1CCc2c(OC3=CCC4OC5C(C4=C3)C5c3nc4c(C(F)(F)F)cccc4[nH]3)ccnc2N1. The van der Waals surface area contributed by atoms with Crippen LogP contribution in [0.5, 0.6) is 5.75 Å². The van der Waals surface area contributed by atoms with Crippen molar-refractivity contribution in [2.24, 2.45) is 5.92 Å². The number of pyridine rings is 1. The van der Waals surface area contributed by atoms with E-state index in [9.17, 15) is 18.0 Å². The third-order valence-corrected chi connectivity index (χ3v) is 7.13. The quantitative estimate of drug-likeness (QED) is 0.571. The first-order chi connectivity index (χ1) is 16.9. The molecule has 4 atom stereocenters. The van der Waals surface area contributed by atoms with Crippen LogP contribution >= 0.6 is 0 Å². The van der Waals surface area contributed by atoms with Crippen LogP contribution in [0.3, 0.4) is 0 Å². The van der Waals surface area contributed by atoms with Gasteiger partial charge in [-0.3, -0.25) is 4.79 Å². The fourth-order valence-electron chi connectivity index (χ4n) is 5.47. The Bertz CT molecular complexity index is 1460. The first kappa shape index (κ1) is 20.7. The molecule has 7 nitrogen and oxygen atoms in total. The van der Waals surface area contributed by atoms with Crippen molar-refractivity contribution in [3.63, 3.8) is 0 Å². The number of nitrogens with one attached hydrogen (secondary N) is 2. The van der Waals surface area contributed by atoms with Crippen LogP contribution in [0.25, 0.3) is 11.0 Å². The molecule has 10 heteroatoms. The van der Waals surface area contributed by atoms with Crippen LogP contribution in [0.15, 0.2) is 53.9 Å². The number of halogens is 3. The number of carbonyl (C=O) groups is 1. The van der Waals surface area contributed by atoms with Gasteiger partial charge in [-0.1, -0.05) is 6.07 Å². The lowest BCUT2D eigenvalue weighted by Gasteiger charge is -2.23. The van der Waals surface area contributed by atoms with Crippen molar-refractivity contribution in [2.45, 2.75) is 43.6 Å². The van der Waals surface area contributed by atoms with Gasteiger partial charge >= 0.3 is 6.18 Å². The smallest absolute Gasteiger partial charge is 0.418 e. The lowest BCUT2D eigenvalue weighted by atomic mass is 9.96. The van der Waals surface area contributed by atoms with Crippen LogP contribution in [0.2, 0.25) is 0 Å². The highest BCUT2D eigenvalue weighted by molar-refractivity contribution is 5.93. The Morgan fingerprint density at radius 3 is 2.89 bits per heavy atom. The number of allylic oxidation sites excluding steroid dienone is 1. The summed E-state index contributed by atoms with van der Waals surface area (Å²) in [6, 6.07) is 5.82. The van der Waals surface area contributed by atoms with Gasteiger partial charge in [0.15, 0.2) is 0 Å². The van der Waals surface area contributed by atoms with E-state index in [2.05, 4.69) is 20.3 Å². The summed E-state index contributed by atoms with van der Waals surface area (Å²) in [5.41, 5.74) is 1.50. The number of alkyl halides is 3. The first-order valence-corrected chi connectivity index (χ1v) is 11.5. The van der Waals surface area contributed by atoms with Crippen LogP contribution in [-0.2, 0) is 22.1 Å². The standard InChI is InChI=1S/C25H19F3N4O3/c26-25(27,28)14-2-1-3-15-21(14)32-24(30-15)20-19-13-10-11(4-6-16(13)35-22(19)20)34-17-8-9-29-23-12(17)5-7-18(33)31-23/h1-4,8-10,16,19-20,22H,5-7H2,(H,30,32)(H,29,31,33). The molecule has 4 aliphatic rings. The zero-order valence-electron chi connectivity index (χ0n) is 18.2. The molecule has 2 N–H and O–H groups in total. The molecule has 0 spiro atoms. The third-order valence-electron chi connectivity index (χ3n) is 7.13. The van der Waals surface area contributed by atoms with E-state index in [1.165, 1.54) is 6.07 Å². The molecule has 2 fully saturated rings. The van der Waals surface area contributed by atoms with Gasteiger partial charge in [-0.2, -0.15) is 13.2 Å². The fourth-order valence-corrected chi connectivity index (χ4v) is 5.47. The molecular formula is C25H19F3N4O3. The molecule has 0 bridgehead atoms. The van der Waals surface area contributed by atoms with Gasteiger partial charge in [-0.25, -0.2) is 9.97 Å².